The zero-order chi connectivity index (χ0) is 11.1. The predicted molar refractivity (Wildman–Crippen MR) is 55.9 cm³/mol. The number of aromatic amines is 1. The van der Waals surface area contributed by atoms with Crippen molar-refractivity contribution in [2.24, 2.45) is 0 Å². The van der Waals surface area contributed by atoms with E-state index in [1.54, 1.807) is 18.2 Å². The molecule has 80 valence electrons. The SMILES string of the molecule is Fc1ccc2cc(-c3ccco3)[nH]c2c1F. The summed E-state index contributed by atoms with van der Waals surface area (Å²) in [5.41, 5.74) is 0.788. The fourth-order valence-corrected chi connectivity index (χ4v) is 1.70. The van der Waals surface area contributed by atoms with E-state index in [2.05, 4.69) is 4.98 Å². The quantitative estimate of drug-likeness (QED) is 0.664. The number of halogens is 2. The fraction of sp³-hybridized carbons (Fsp3) is 0. The van der Waals surface area contributed by atoms with Crippen molar-refractivity contribution in [3.63, 3.8) is 0 Å². The largest absolute Gasteiger partial charge is 0.463 e. The minimum Gasteiger partial charge on any atom is -0.463 e. The number of furan rings is 1. The Morgan fingerprint density at radius 3 is 2.75 bits per heavy atom. The van der Waals surface area contributed by atoms with Gasteiger partial charge >= 0.3 is 0 Å². The van der Waals surface area contributed by atoms with Crippen molar-refractivity contribution in [2.45, 2.75) is 0 Å². The van der Waals surface area contributed by atoms with Crippen LogP contribution < -0.4 is 0 Å². The van der Waals surface area contributed by atoms with E-state index in [4.69, 9.17) is 4.42 Å². The molecule has 1 aromatic carbocycles. The lowest BCUT2D eigenvalue weighted by atomic mass is 10.2. The summed E-state index contributed by atoms with van der Waals surface area (Å²) in [5.74, 6) is -1.13. The zero-order valence-corrected chi connectivity index (χ0v) is 8.13. The summed E-state index contributed by atoms with van der Waals surface area (Å²) < 4.78 is 31.6. The number of aromatic nitrogens is 1. The summed E-state index contributed by atoms with van der Waals surface area (Å²) in [6.45, 7) is 0. The van der Waals surface area contributed by atoms with Gasteiger partial charge < -0.3 is 9.40 Å². The Hall–Kier alpha value is -2.10. The van der Waals surface area contributed by atoms with E-state index >= 15 is 0 Å². The molecule has 0 aliphatic carbocycles. The van der Waals surface area contributed by atoms with Crippen LogP contribution in [0.3, 0.4) is 0 Å². The van der Waals surface area contributed by atoms with Gasteiger partial charge in [-0.15, -0.1) is 0 Å². The molecular formula is C12H7F2NO. The molecule has 1 N–H and O–H groups in total. The lowest BCUT2D eigenvalue weighted by molar-refractivity contribution is 0.515. The third kappa shape index (κ3) is 1.23. The highest BCUT2D eigenvalue weighted by atomic mass is 19.2. The van der Waals surface area contributed by atoms with Crippen molar-refractivity contribution in [1.29, 1.82) is 0 Å². The minimum absolute atomic E-state index is 0.159. The highest BCUT2D eigenvalue weighted by Gasteiger charge is 2.11. The first-order valence-electron chi connectivity index (χ1n) is 4.76. The Balaban J connectivity index is 2.28. The molecule has 0 aliphatic heterocycles. The third-order valence-corrected chi connectivity index (χ3v) is 2.47. The van der Waals surface area contributed by atoms with Gasteiger partial charge in [0, 0.05) is 5.39 Å². The Kier molecular flexibility index (Phi) is 1.83. The van der Waals surface area contributed by atoms with Gasteiger partial charge in [0.1, 0.15) is 5.76 Å². The second-order valence-electron chi connectivity index (χ2n) is 3.49. The van der Waals surface area contributed by atoms with Crippen molar-refractivity contribution >= 4 is 10.9 Å². The molecule has 0 fully saturated rings. The standard InChI is InChI=1S/C12H7F2NO/c13-8-4-3-7-6-9(10-2-1-5-16-10)15-12(7)11(8)14/h1-6,15H. The van der Waals surface area contributed by atoms with Crippen molar-refractivity contribution in [3.8, 4) is 11.5 Å². The molecule has 3 aromatic rings. The second-order valence-corrected chi connectivity index (χ2v) is 3.49. The number of nitrogens with one attached hydrogen (secondary N) is 1. The minimum atomic E-state index is -0.865. The molecule has 2 aromatic heterocycles. The molecule has 0 saturated heterocycles. The van der Waals surface area contributed by atoms with E-state index in [1.807, 2.05) is 0 Å². The average Bonchev–Trinajstić information content (AvgIpc) is 2.91. The maximum Gasteiger partial charge on any atom is 0.182 e. The normalized spacial score (nSPS) is 11.1. The molecule has 0 amide bonds. The first-order chi connectivity index (χ1) is 7.75. The Morgan fingerprint density at radius 2 is 2.00 bits per heavy atom. The Bertz CT molecular complexity index is 640. The number of H-pyrrole nitrogens is 1. The van der Waals surface area contributed by atoms with E-state index < -0.39 is 11.6 Å². The molecule has 0 radical (unpaired) electrons. The number of rotatable bonds is 1. The predicted octanol–water partition coefficient (Wildman–Crippen LogP) is 3.71. The molecule has 3 rings (SSSR count). The van der Waals surface area contributed by atoms with E-state index in [-0.39, 0.29) is 5.52 Å². The van der Waals surface area contributed by atoms with Gasteiger partial charge in [0.15, 0.2) is 11.6 Å². The van der Waals surface area contributed by atoms with Gasteiger partial charge in [0.2, 0.25) is 0 Å². The summed E-state index contributed by atoms with van der Waals surface area (Å²) in [4.78, 5) is 2.80. The summed E-state index contributed by atoms with van der Waals surface area (Å²) in [6, 6.07) is 7.83. The summed E-state index contributed by atoms with van der Waals surface area (Å²) in [7, 11) is 0. The molecule has 0 saturated carbocycles. The van der Waals surface area contributed by atoms with Crippen LogP contribution in [0.4, 0.5) is 8.78 Å². The topological polar surface area (TPSA) is 28.9 Å². The van der Waals surface area contributed by atoms with Crippen LogP contribution in [0, 0.1) is 11.6 Å². The molecule has 0 spiro atoms. The average molecular weight is 219 g/mol. The van der Waals surface area contributed by atoms with Crippen LogP contribution in [0.2, 0.25) is 0 Å². The van der Waals surface area contributed by atoms with Crippen LogP contribution in [0.25, 0.3) is 22.4 Å². The van der Waals surface area contributed by atoms with E-state index in [9.17, 15) is 8.78 Å². The third-order valence-electron chi connectivity index (χ3n) is 2.47. The molecule has 2 nitrogen and oxygen atoms in total. The van der Waals surface area contributed by atoms with Gasteiger partial charge in [-0.3, -0.25) is 0 Å². The number of hydrogen-bond donors (Lipinski definition) is 1. The van der Waals surface area contributed by atoms with Crippen LogP contribution in [-0.4, -0.2) is 4.98 Å². The van der Waals surface area contributed by atoms with Crippen LogP contribution in [0.5, 0.6) is 0 Å². The highest BCUT2D eigenvalue weighted by molar-refractivity contribution is 5.85. The Labute approximate surface area is 89.5 Å². The molecule has 0 bridgehead atoms. The van der Waals surface area contributed by atoms with Crippen molar-refractivity contribution in [2.75, 3.05) is 0 Å². The summed E-state index contributed by atoms with van der Waals surface area (Å²) in [5, 5.41) is 0.616. The van der Waals surface area contributed by atoms with Crippen LogP contribution >= 0.6 is 0 Å². The summed E-state index contributed by atoms with van der Waals surface area (Å²) in [6.07, 6.45) is 1.53. The first-order valence-corrected chi connectivity index (χ1v) is 4.76. The van der Waals surface area contributed by atoms with Gasteiger partial charge in [0.25, 0.3) is 0 Å². The van der Waals surface area contributed by atoms with Crippen molar-refractivity contribution in [3.05, 3.63) is 48.2 Å². The van der Waals surface area contributed by atoms with Gasteiger partial charge in [0.05, 0.1) is 17.5 Å². The number of fused-ring (bicyclic) bond motifs is 1. The van der Waals surface area contributed by atoms with Gasteiger partial charge in [-0.25, -0.2) is 8.78 Å². The van der Waals surface area contributed by atoms with Gasteiger partial charge in [-0.2, -0.15) is 0 Å². The number of benzene rings is 1. The first kappa shape index (κ1) is 9.15. The van der Waals surface area contributed by atoms with Crippen LogP contribution in [0.1, 0.15) is 0 Å². The zero-order valence-electron chi connectivity index (χ0n) is 8.13. The van der Waals surface area contributed by atoms with Crippen molar-refractivity contribution < 1.29 is 13.2 Å². The maximum absolute atomic E-state index is 13.4. The van der Waals surface area contributed by atoms with E-state index in [0.717, 1.165) is 6.07 Å². The molecular weight excluding hydrogens is 212 g/mol. The van der Waals surface area contributed by atoms with Gasteiger partial charge in [-0.05, 0) is 30.3 Å². The van der Waals surface area contributed by atoms with Crippen LogP contribution in [-0.2, 0) is 0 Å². The molecule has 0 atom stereocenters. The fourth-order valence-electron chi connectivity index (χ4n) is 1.70. The molecule has 0 aliphatic rings. The van der Waals surface area contributed by atoms with Crippen LogP contribution in [0.15, 0.2) is 41.0 Å². The van der Waals surface area contributed by atoms with E-state index in [1.165, 1.54) is 12.3 Å². The van der Waals surface area contributed by atoms with Gasteiger partial charge in [-0.1, -0.05) is 0 Å². The second kappa shape index (κ2) is 3.20. The number of hydrogen-bond acceptors (Lipinski definition) is 1. The van der Waals surface area contributed by atoms with E-state index in [0.29, 0.717) is 16.8 Å². The molecule has 4 heteroatoms. The monoisotopic (exact) mass is 219 g/mol. The lowest BCUT2D eigenvalue weighted by Gasteiger charge is -1.93. The lowest BCUT2D eigenvalue weighted by Crippen LogP contribution is -1.84. The summed E-state index contributed by atoms with van der Waals surface area (Å²) >= 11 is 0. The Morgan fingerprint density at radius 1 is 1.12 bits per heavy atom. The molecule has 0 unspecified atom stereocenters. The van der Waals surface area contributed by atoms with Crippen molar-refractivity contribution in [1.82, 2.24) is 4.98 Å². The molecule has 16 heavy (non-hydrogen) atoms. The highest BCUT2D eigenvalue weighted by Crippen LogP contribution is 2.26. The maximum atomic E-state index is 13.4. The molecule has 2 heterocycles. The smallest absolute Gasteiger partial charge is 0.182 e.